The number of rotatable bonds is 1. The topological polar surface area (TPSA) is 35.1 Å². The van der Waals surface area contributed by atoms with Gasteiger partial charge in [0.1, 0.15) is 5.70 Å². The number of piperidine rings is 1. The Labute approximate surface area is 87.8 Å². The predicted molar refractivity (Wildman–Crippen MR) is 51.5 cm³/mol. The lowest BCUT2D eigenvalue weighted by Crippen LogP contribution is -2.90. The zero-order valence-electron chi connectivity index (χ0n) is 9.00. The summed E-state index contributed by atoms with van der Waals surface area (Å²) in [5, 5.41) is 1.78. The fourth-order valence-electron chi connectivity index (χ4n) is 2.16. The number of allylic oxidation sites excluding steroid dienone is 1. The summed E-state index contributed by atoms with van der Waals surface area (Å²) in [7, 11) is 1.73. The Kier molecular flexibility index (Phi) is 2.66. The van der Waals surface area contributed by atoms with Crippen LogP contribution in [0.25, 0.3) is 0 Å². The first-order valence-corrected chi connectivity index (χ1v) is 5.09. The number of halogens is 2. The van der Waals surface area contributed by atoms with Gasteiger partial charge >= 0.3 is 0 Å². The number of alkyl halides is 2. The van der Waals surface area contributed by atoms with Gasteiger partial charge in [-0.05, 0) is 7.05 Å². The van der Waals surface area contributed by atoms with Crippen LogP contribution in [0.5, 0.6) is 0 Å². The number of nitrogens with zero attached hydrogens (tertiary/aromatic N) is 2. The van der Waals surface area contributed by atoms with Crippen molar-refractivity contribution in [2.45, 2.75) is 25.3 Å². The first kappa shape index (κ1) is 10.8. The lowest BCUT2D eigenvalue weighted by Gasteiger charge is -2.38. The van der Waals surface area contributed by atoms with Crippen LogP contribution in [0.3, 0.4) is 0 Å². The van der Waals surface area contributed by atoms with Gasteiger partial charge in [0.15, 0.2) is 0 Å². The molecule has 0 radical (unpaired) electrons. The Hall–Kier alpha value is -0.720. The first-order valence-electron chi connectivity index (χ1n) is 5.09. The number of hydrogen-bond acceptors (Lipinski definition) is 3. The van der Waals surface area contributed by atoms with Crippen LogP contribution in [-0.4, -0.2) is 42.0 Å². The van der Waals surface area contributed by atoms with Gasteiger partial charge in [-0.2, -0.15) is 0 Å². The highest BCUT2D eigenvalue weighted by molar-refractivity contribution is 4.94. The zero-order valence-corrected chi connectivity index (χ0v) is 9.00. The van der Waals surface area contributed by atoms with Crippen molar-refractivity contribution >= 4 is 0 Å². The summed E-state index contributed by atoms with van der Waals surface area (Å²) < 4.78 is 26.7. The van der Waals surface area contributed by atoms with Gasteiger partial charge in [-0.1, -0.05) is 5.53 Å². The minimum atomic E-state index is -2.58. The highest BCUT2D eigenvalue weighted by atomic mass is 19.3. The normalized spacial score (nSPS) is 31.9. The van der Waals surface area contributed by atoms with Gasteiger partial charge in [-0.3, -0.25) is 9.91 Å². The van der Waals surface area contributed by atoms with Crippen LogP contribution in [0.2, 0.25) is 0 Å². The molecule has 6 heteroatoms. The fourth-order valence-corrected chi connectivity index (χ4v) is 2.16. The maximum Gasteiger partial charge on any atom is 0.262 e. The van der Waals surface area contributed by atoms with E-state index in [0.717, 1.165) is 5.70 Å². The molecular formula is C9H17F2N4+. The van der Waals surface area contributed by atoms with Gasteiger partial charge in [0.25, 0.3) is 5.92 Å². The molecule has 0 aliphatic carbocycles. The molecule has 1 fully saturated rings. The molecule has 1 unspecified atom stereocenters. The largest absolute Gasteiger partial charge is 0.298 e. The van der Waals surface area contributed by atoms with Crippen molar-refractivity contribution in [2.24, 2.45) is 0 Å². The molecule has 0 amide bonds. The second kappa shape index (κ2) is 3.70. The van der Waals surface area contributed by atoms with Gasteiger partial charge in [0, 0.05) is 19.9 Å². The van der Waals surface area contributed by atoms with Crippen molar-refractivity contribution in [3.05, 3.63) is 11.9 Å². The summed E-state index contributed by atoms with van der Waals surface area (Å²) in [5.74, 6) is -2.58. The van der Waals surface area contributed by atoms with E-state index >= 15 is 0 Å². The standard InChI is InChI=1S/C9H16F2N4/c1-7-4-15(13-12-7)8-3-9(10,11)6-14(2)5-8/h4,8,12-13H,3,5-6H2,1-2H3/p+1. The molecule has 2 rings (SSSR count). The Morgan fingerprint density at radius 1 is 1.60 bits per heavy atom. The van der Waals surface area contributed by atoms with E-state index in [9.17, 15) is 8.78 Å². The maximum atomic E-state index is 13.3. The van der Waals surface area contributed by atoms with Crippen molar-refractivity contribution < 1.29 is 14.2 Å². The molecule has 1 atom stereocenters. The molecule has 0 aromatic rings. The number of quaternary nitrogens is 1. The molecule has 0 bridgehead atoms. The molecule has 86 valence electrons. The van der Waals surface area contributed by atoms with Crippen LogP contribution in [0.1, 0.15) is 13.3 Å². The van der Waals surface area contributed by atoms with E-state index in [4.69, 9.17) is 0 Å². The minimum Gasteiger partial charge on any atom is -0.298 e. The number of likely N-dealkylation sites (N-methyl/N-ethyl adjacent to an activating group) is 1. The Morgan fingerprint density at radius 2 is 2.33 bits per heavy atom. The van der Waals surface area contributed by atoms with E-state index in [-0.39, 0.29) is 19.0 Å². The third-order valence-electron chi connectivity index (χ3n) is 2.74. The van der Waals surface area contributed by atoms with E-state index in [1.54, 1.807) is 17.0 Å². The van der Waals surface area contributed by atoms with E-state index in [2.05, 4.69) is 5.53 Å². The van der Waals surface area contributed by atoms with Crippen LogP contribution < -0.4 is 11.0 Å². The van der Waals surface area contributed by atoms with E-state index < -0.39 is 5.92 Å². The SMILES string of the molecule is CC1=CN(C2CN(C)CC(F)(F)C2)N[NH2+]1. The molecule has 0 saturated carbocycles. The molecule has 2 heterocycles. The molecule has 0 aromatic carbocycles. The quantitative estimate of drug-likeness (QED) is 0.583. The second-order valence-corrected chi connectivity index (χ2v) is 4.46. The minimum absolute atomic E-state index is 0.0814. The Bertz CT molecular complexity index is 279. The summed E-state index contributed by atoms with van der Waals surface area (Å²) in [4.78, 5) is 1.68. The van der Waals surface area contributed by atoms with Crippen LogP contribution in [-0.2, 0) is 0 Å². The van der Waals surface area contributed by atoms with Crippen LogP contribution in [0, 0.1) is 0 Å². The monoisotopic (exact) mass is 219 g/mol. The lowest BCUT2D eigenvalue weighted by molar-refractivity contribution is -0.677. The predicted octanol–water partition coefficient (Wildman–Crippen LogP) is -0.514. The van der Waals surface area contributed by atoms with Crippen molar-refractivity contribution in [2.75, 3.05) is 20.1 Å². The Balaban J connectivity index is 2.03. The van der Waals surface area contributed by atoms with Crippen LogP contribution in [0.15, 0.2) is 11.9 Å². The maximum absolute atomic E-state index is 13.3. The highest BCUT2D eigenvalue weighted by Gasteiger charge is 2.41. The molecule has 2 aliphatic rings. The third kappa shape index (κ3) is 2.45. The molecular weight excluding hydrogens is 202 g/mol. The average Bonchev–Trinajstić information content (AvgIpc) is 2.48. The number of likely N-dealkylation sites (tertiary alicyclic amines) is 1. The van der Waals surface area contributed by atoms with Gasteiger partial charge in [-0.25, -0.2) is 14.2 Å². The number of hydrazine groups is 1. The summed E-state index contributed by atoms with van der Waals surface area (Å²) >= 11 is 0. The van der Waals surface area contributed by atoms with Crippen molar-refractivity contribution in [3.63, 3.8) is 0 Å². The third-order valence-corrected chi connectivity index (χ3v) is 2.74. The summed E-state index contributed by atoms with van der Waals surface area (Å²) in [5.41, 5.74) is 5.88. The highest BCUT2D eigenvalue weighted by Crippen LogP contribution is 2.28. The van der Waals surface area contributed by atoms with Crippen molar-refractivity contribution in [1.82, 2.24) is 15.4 Å². The number of nitrogens with two attached hydrogens (primary N) is 1. The van der Waals surface area contributed by atoms with Gasteiger partial charge in [-0.15, -0.1) is 0 Å². The number of nitrogens with one attached hydrogen (secondary N) is 1. The van der Waals surface area contributed by atoms with Crippen molar-refractivity contribution in [3.8, 4) is 0 Å². The second-order valence-electron chi connectivity index (χ2n) is 4.46. The molecule has 1 saturated heterocycles. The molecule has 4 nitrogen and oxygen atoms in total. The van der Waals surface area contributed by atoms with Crippen molar-refractivity contribution in [1.29, 1.82) is 0 Å². The van der Waals surface area contributed by atoms with E-state index in [0.29, 0.717) is 6.54 Å². The average molecular weight is 219 g/mol. The molecule has 0 spiro atoms. The summed E-state index contributed by atoms with van der Waals surface area (Å²) in [6.07, 6.45) is 1.79. The summed E-state index contributed by atoms with van der Waals surface area (Å²) in [6.45, 7) is 2.47. The van der Waals surface area contributed by atoms with E-state index in [1.807, 2.05) is 18.5 Å². The van der Waals surface area contributed by atoms with Gasteiger partial charge in [0.05, 0.1) is 18.8 Å². The lowest BCUT2D eigenvalue weighted by atomic mass is 10.0. The fraction of sp³-hybridized carbons (Fsp3) is 0.778. The number of hydrogen-bond donors (Lipinski definition) is 2. The molecule has 15 heavy (non-hydrogen) atoms. The van der Waals surface area contributed by atoms with Crippen LogP contribution in [0.4, 0.5) is 8.78 Å². The zero-order chi connectivity index (χ0) is 11.1. The smallest absolute Gasteiger partial charge is 0.262 e. The molecule has 2 aliphatic heterocycles. The first-order chi connectivity index (χ1) is 6.96. The van der Waals surface area contributed by atoms with Crippen LogP contribution >= 0.6 is 0 Å². The van der Waals surface area contributed by atoms with Gasteiger partial charge < -0.3 is 0 Å². The molecule has 0 aromatic heterocycles. The Morgan fingerprint density at radius 3 is 2.87 bits per heavy atom. The van der Waals surface area contributed by atoms with E-state index in [1.165, 1.54) is 0 Å². The summed E-state index contributed by atoms with van der Waals surface area (Å²) in [6, 6.07) is -0.160. The van der Waals surface area contributed by atoms with Gasteiger partial charge in [0.2, 0.25) is 0 Å². The molecule has 3 N–H and O–H groups in total.